The van der Waals surface area contributed by atoms with E-state index in [9.17, 15) is 8.42 Å². The second kappa shape index (κ2) is 8.84. The first-order chi connectivity index (χ1) is 10.4. The van der Waals surface area contributed by atoms with Gasteiger partial charge in [0.25, 0.3) is 0 Å². The van der Waals surface area contributed by atoms with Gasteiger partial charge in [-0.2, -0.15) is 4.31 Å². The Hall–Kier alpha value is -0.870. The summed E-state index contributed by atoms with van der Waals surface area (Å²) in [7, 11) is -3.16. The van der Waals surface area contributed by atoms with Crippen molar-refractivity contribution in [1.29, 1.82) is 0 Å². The Morgan fingerprint density at radius 2 is 2.22 bits per heavy atom. The van der Waals surface area contributed by atoms with Gasteiger partial charge in [0, 0.05) is 18.3 Å². The van der Waals surface area contributed by atoms with E-state index in [1.54, 1.807) is 0 Å². The Labute approximate surface area is 155 Å². The zero-order chi connectivity index (χ0) is 16.2. The van der Waals surface area contributed by atoms with Crippen LogP contribution in [-0.2, 0) is 16.4 Å². The standard InChI is InChI=1S/C15H24N4O2S.HI/c1-3-12-6-4-7-13(10-12)18-15(16)17-11-14-8-5-9-19(14)22(2,20)21;/h4,6-7,10,14H,3,5,8-9,11H2,1-2H3,(H3,16,17,18);1H/t14-;/m1./s1. The zero-order valence-corrected chi connectivity index (χ0v) is 16.7. The number of guanidine groups is 1. The third-order valence-corrected chi connectivity index (χ3v) is 5.16. The number of hydrogen-bond donors (Lipinski definition) is 2. The molecule has 0 spiro atoms. The van der Waals surface area contributed by atoms with Gasteiger partial charge in [0.1, 0.15) is 0 Å². The van der Waals surface area contributed by atoms with E-state index in [0.717, 1.165) is 24.9 Å². The van der Waals surface area contributed by atoms with Gasteiger partial charge in [-0.05, 0) is 37.0 Å². The number of sulfonamides is 1. The van der Waals surface area contributed by atoms with Crippen LogP contribution < -0.4 is 11.1 Å². The van der Waals surface area contributed by atoms with Gasteiger partial charge in [-0.1, -0.05) is 19.1 Å². The summed E-state index contributed by atoms with van der Waals surface area (Å²) in [6.07, 6.45) is 3.90. The summed E-state index contributed by atoms with van der Waals surface area (Å²) in [5.74, 6) is 0.314. The van der Waals surface area contributed by atoms with Gasteiger partial charge in [0.15, 0.2) is 5.96 Å². The fourth-order valence-electron chi connectivity index (χ4n) is 2.69. The first-order valence-corrected chi connectivity index (χ1v) is 9.37. The minimum atomic E-state index is -3.16. The molecule has 0 saturated carbocycles. The van der Waals surface area contributed by atoms with E-state index in [-0.39, 0.29) is 30.0 Å². The van der Waals surface area contributed by atoms with Crippen molar-refractivity contribution in [2.24, 2.45) is 10.7 Å². The highest BCUT2D eigenvalue weighted by Gasteiger charge is 2.30. The lowest BCUT2D eigenvalue weighted by Crippen LogP contribution is -2.37. The van der Waals surface area contributed by atoms with Gasteiger partial charge in [0.05, 0.1) is 12.8 Å². The van der Waals surface area contributed by atoms with Crippen LogP contribution in [0.15, 0.2) is 29.3 Å². The molecule has 1 aliphatic heterocycles. The van der Waals surface area contributed by atoms with Crippen molar-refractivity contribution < 1.29 is 8.42 Å². The van der Waals surface area contributed by atoms with Gasteiger partial charge >= 0.3 is 0 Å². The summed E-state index contributed by atoms with van der Waals surface area (Å²) in [5.41, 5.74) is 8.02. The molecule has 1 fully saturated rings. The van der Waals surface area contributed by atoms with Gasteiger partial charge in [-0.3, -0.25) is 4.99 Å². The molecule has 1 heterocycles. The Morgan fingerprint density at radius 1 is 1.48 bits per heavy atom. The van der Waals surface area contributed by atoms with Crippen LogP contribution in [-0.4, -0.2) is 44.1 Å². The summed E-state index contributed by atoms with van der Waals surface area (Å²) in [6.45, 7) is 3.06. The van der Waals surface area contributed by atoms with Crippen LogP contribution in [0, 0.1) is 0 Å². The predicted molar refractivity (Wildman–Crippen MR) is 106 cm³/mol. The number of nitrogens with one attached hydrogen (secondary N) is 1. The van der Waals surface area contributed by atoms with Crippen LogP contribution in [0.1, 0.15) is 25.3 Å². The molecule has 3 N–H and O–H groups in total. The quantitative estimate of drug-likeness (QED) is 0.407. The molecule has 2 rings (SSSR count). The number of anilines is 1. The van der Waals surface area contributed by atoms with E-state index in [0.29, 0.717) is 19.0 Å². The summed E-state index contributed by atoms with van der Waals surface area (Å²) in [5, 5.41) is 3.05. The van der Waals surface area contributed by atoms with E-state index < -0.39 is 10.0 Å². The lowest BCUT2D eigenvalue weighted by Gasteiger charge is -2.20. The topological polar surface area (TPSA) is 87.8 Å². The molecule has 8 heteroatoms. The highest BCUT2D eigenvalue weighted by Crippen LogP contribution is 2.20. The Kier molecular flexibility index (Phi) is 7.75. The number of aryl methyl sites for hydroxylation is 1. The molecule has 23 heavy (non-hydrogen) atoms. The lowest BCUT2D eigenvalue weighted by atomic mass is 10.1. The van der Waals surface area contributed by atoms with Crippen molar-refractivity contribution >= 4 is 45.6 Å². The minimum absolute atomic E-state index is 0. The van der Waals surface area contributed by atoms with Crippen molar-refractivity contribution in [3.63, 3.8) is 0 Å². The molecular weight excluding hydrogens is 427 g/mol. The van der Waals surface area contributed by atoms with E-state index in [4.69, 9.17) is 5.73 Å². The molecule has 0 aliphatic carbocycles. The van der Waals surface area contributed by atoms with Crippen molar-refractivity contribution in [3.05, 3.63) is 29.8 Å². The van der Waals surface area contributed by atoms with Crippen molar-refractivity contribution in [2.45, 2.75) is 32.2 Å². The van der Waals surface area contributed by atoms with Crippen LogP contribution in [0.3, 0.4) is 0 Å². The van der Waals surface area contributed by atoms with E-state index in [1.807, 2.05) is 18.2 Å². The summed E-state index contributed by atoms with van der Waals surface area (Å²) < 4.78 is 24.9. The molecule has 0 radical (unpaired) electrons. The van der Waals surface area contributed by atoms with Crippen LogP contribution in [0.5, 0.6) is 0 Å². The number of hydrogen-bond acceptors (Lipinski definition) is 3. The van der Waals surface area contributed by atoms with Crippen molar-refractivity contribution in [3.8, 4) is 0 Å². The second-order valence-electron chi connectivity index (χ2n) is 5.57. The average molecular weight is 452 g/mol. The Morgan fingerprint density at radius 3 is 2.87 bits per heavy atom. The molecule has 130 valence electrons. The molecule has 0 aromatic heterocycles. The summed E-state index contributed by atoms with van der Waals surface area (Å²) in [4.78, 5) is 4.30. The SMILES string of the molecule is CCc1cccc(NC(N)=NC[C@H]2CCCN2S(C)(=O)=O)c1.I. The Balaban J connectivity index is 0.00000264. The maximum atomic E-state index is 11.7. The molecular formula is C15H25IN4O2S. The number of nitrogens with zero attached hydrogens (tertiary/aromatic N) is 2. The van der Waals surface area contributed by atoms with Crippen LogP contribution >= 0.6 is 24.0 Å². The molecule has 1 saturated heterocycles. The largest absolute Gasteiger partial charge is 0.370 e. The van der Waals surface area contributed by atoms with E-state index >= 15 is 0 Å². The van der Waals surface area contributed by atoms with E-state index in [1.165, 1.54) is 16.1 Å². The first-order valence-electron chi connectivity index (χ1n) is 7.53. The van der Waals surface area contributed by atoms with E-state index in [2.05, 4.69) is 23.3 Å². The third kappa shape index (κ3) is 5.92. The van der Waals surface area contributed by atoms with Crippen LogP contribution in [0.2, 0.25) is 0 Å². The maximum absolute atomic E-state index is 11.7. The Bertz CT molecular complexity index is 649. The van der Waals surface area contributed by atoms with Crippen LogP contribution in [0.4, 0.5) is 5.69 Å². The second-order valence-corrected chi connectivity index (χ2v) is 7.51. The molecule has 0 amide bonds. The van der Waals surface area contributed by atoms with Gasteiger partial charge in [-0.15, -0.1) is 24.0 Å². The highest BCUT2D eigenvalue weighted by molar-refractivity contribution is 14.0. The number of halogens is 1. The summed E-state index contributed by atoms with van der Waals surface area (Å²) in [6, 6.07) is 7.90. The minimum Gasteiger partial charge on any atom is -0.370 e. The van der Waals surface area contributed by atoms with Gasteiger partial charge in [-0.25, -0.2) is 8.42 Å². The van der Waals surface area contributed by atoms with Gasteiger partial charge in [0.2, 0.25) is 10.0 Å². The zero-order valence-electron chi connectivity index (χ0n) is 13.5. The normalized spacial score (nSPS) is 19.4. The van der Waals surface area contributed by atoms with Crippen molar-refractivity contribution in [2.75, 3.05) is 24.7 Å². The molecule has 0 bridgehead atoms. The molecule has 1 aromatic rings. The molecule has 1 atom stereocenters. The molecule has 1 aliphatic rings. The lowest BCUT2D eigenvalue weighted by molar-refractivity contribution is 0.397. The number of benzene rings is 1. The first kappa shape index (κ1) is 20.2. The molecule has 6 nitrogen and oxygen atoms in total. The highest BCUT2D eigenvalue weighted by atomic mass is 127. The monoisotopic (exact) mass is 452 g/mol. The predicted octanol–water partition coefficient (Wildman–Crippen LogP) is 2.02. The average Bonchev–Trinajstić information content (AvgIpc) is 2.94. The fraction of sp³-hybridized carbons (Fsp3) is 0.533. The summed E-state index contributed by atoms with van der Waals surface area (Å²) >= 11 is 0. The maximum Gasteiger partial charge on any atom is 0.211 e. The van der Waals surface area contributed by atoms with Crippen molar-refractivity contribution in [1.82, 2.24) is 4.31 Å². The number of aliphatic imine (C=N–C) groups is 1. The van der Waals surface area contributed by atoms with Gasteiger partial charge < -0.3 is 11.1 Å². The molecule has 0 unspecified atom stereocenters. The number of nitrogens with two attached hydrogens (primary N) is 1. The fourth-order valence-corrected chi connectivity index (χ4v) is 3.86. The smallest absolute Gasteiger partial charge is 0.211 e. The number of rotatable bonds is 5. The molecule has 1 aromatic carbocycles. The van der Waals surface area contributed by atoms with Crippen LogP contribution in [0.25, 0.3) is 0 Å². The third-order valence-electron chi connectivity index (χ3n) is 3.83.